The van der Waals surface area contributed by atoms with Crippen molar-refractivity contribution in [3.8, 4) is 0 Å². The average molecular weight is 259 g/mol. The first-order valence-corrected chi connectivity index (χ1v) is 10.6. The molecule has 0 rings (SSSR count). The molecule has 96 valence electrons. The maximum absolute atomic E-state index is 2.42. The fourth-order valence-electron chi connectivity index (χ4n) is 2.81. The predicted octanol–water partition coefficient (Wildman–Crippen LogP) is 6.21. The zero-order chi connectivity index (χ0) is 12.8. The van der Waals surface area contributed by atoms with Gasteiger partial charge in [0.2, 0.25) is 0 Å². The van der Waals surface area contributed by atoms with Gasteiger partial charge in [-0.05, 0) is 28.5 Å². The summed E-state index contributed by atoms with van der Waals surface area (Å²) in [5.74, 6) is 0. The van der Waals surface area contributed by atoms with E-state index in [0.717, 1.165) is 16.6 Å². The molecule has 0 aromatic heterocycles. The van der Waals surface area contributed by atoms with Crippen LogP contribution in [-0.4, -0.2) is 7.22 Å². The quantitative estimate of drug-likeness (QED) is 0.489. The van der Waals surface area contributed by atoms with Crippen molar-refractivity contribution in [2.24, 2.45) is 0 Å². The molecule has 0 fully saturated rings. The Morgan fingerprint density at radius 2 is 1.38 bits per heavy atom. The van der Waals surface area contributed by atoms with E-state index >= 15 is 0 Å². The molecule has 0 amide bonds. The number of allylic oxidation sites excluding steroid dienone is 1. The van der Waals surface area contributed by atoms with Crippen LogP contribution in [0.1, 0.15) is 61.3 Å². The Morgan fingerprint density at radius 3 is 1.69 bits per heavy atom. The minimum Gasteiger partial charge on any atom is -0.158 e. The molecule has 0 saturated carbocycles. The van der Waals surface area contributed by atoms with Gasteiger partial charge in [0.1, 0.15) is 7.22 Å². The van der Waals surface area contributed by atoms with Crippen molar-refractivity contribution in [1.82, 2.24) is 0 Å². The van der Waals surface area contributed by atoms with Gasteiger partial charge < -0.3 is 0 Å². The lowest BCUT2D eigenvalue weighted by atomic mass is 10.3. The van der Waals surface area contributed by atoms with Crippen LogP contribution in [0.3, 0.4) is 0 Å². The van der Waals surface area contributed by atoms with Gasteiger partial charge in [-0.3, -0.25) is 0 Å². The van der Waals surface area contributed by atoms with Crippen molar-refractivity contribution >= 4 is 18.4 Å². The fourth-order valence-corrected chi connectivity index (χ4v) is 11.5. The average Bonchev–Trinajstić information content (AvgIpc) is 2.16. The third-order valence-corrected chi connectivity index (χ3v) is 15.6. The van der Waals surface area contributed by atoms with Gasteiger partial charge in [0.25, 0.3) is 0 Å². The van der Waals surface area contributed by atoms with E-state index in [1.54, 1.807) is 0 Å². The Bertz CT molecular complexity index is 185. The molecule has 0 spiro atoms. The topological polar surface area (TPSA) is 0 Å². The fraction of sp³-hybridized carbons (Fsp3) is 0.857. The second-order valence-corrected chi connectivity index (χ2v) is 14.1. The third-order valence-electron chi connectivity index (χ3n) is 3.53. The molecule has 0 aliphatic rings. The van der Waals surface area contributed by atoms with Crippen LogP contribution in [0, 0.1) is 0 Å². The van der Waals surface area contributed by atoms with E-state index in [9.17, 15) is 0 Å². The van der Waals surface area contributed by atoms with Crippen LogP contribution in [0.4, 0.5) is 0 Å². The summed E-state index contributed by atoms with van der Waals surface area (Å²) in [5, 5.41) is 2.40. The summed E-state index contributed by atoms with van der Waals surface area (Å²) >= 11 is 2.19. The minimum absolute atomic E-state index is 0.851. The molecule has 0 radical (unpaired) electrons. The van der Waals surface area contributed by atoms with Crippen LogP contribution >= 0.6 is 11.2 Å². The van der Waals surface area contributed by atoms with E-state index in [-0.39, 0.29) is 0 Å². The molecule has 0 aliphatic heterocycles. The van der Waals surface area contributed by atoms with Crippen LogP contribution in [0.5, 0.6) is 0 Å². The lowest BCUT2D eigenvalue weighted by Crippen LogP contribution is -2.40. The van der Waals surface area contributed by atoms with Gasteiger partial charge in [-0.15, -0.1) is 0 Å². The van der Waals surface area contributed by atoms with Crippen LogP contribution < -0.4 is 0 Å². The first-order chi connectivity index (χ1) is 7.39. The van der Waals surface area contributed by atoms with Gasteiger partial charge in [0.05, 0.1) is 0 Å². The highest BCUT2D eigenvalue weighted by atomic mass is 32.4. The second-order valence-electron chi connectivity index (χ2n) is 5.60. The molecule has 0 atom stereocenters. The number of rotatable bonds is 7. The lowest BCUT2D eigenvalue weighted by Gasteiger charge is -2.41. The Labute approximate surface area is 108 Å². The number of hydrogen-bond donors (Lipinski definition) is 0. The smallest absolute Gasteiger partial charge is 0.130 e. The van der Waals surface area contributed by atoms with E-state index in [4.69, 9.17) is 0 Å². The van der Waals surface area contributed by atoms with Gasteiger partial charge in [-0.25, -0.2) is 0 Å². The summed E-state index contributed by atoms with van der Waals surface area (Å²) in [6.45, 7) is 16.8. The summed E-state index contributed by atoms with van der Waals surface area (Å²) in [5.41, 5.74) is 2.55. The summed E-state index contributed by atoms with van der Waals surface area (Å²) in [7, 11) is -1.25. The monoisotopic (exact) mass is 258 g/mol. The maximum Gasteiger partial charge on any atom is 0.130 e. The molecule has 0 heterocycles. The van der Waals surface area contributed by atoms with Crippen LogP contribution in [0.15, 0.2) is 11.5 Å². The van der Waals surface area contributed by atoms with Crippen molar-refractivity contribution in [1.29, 1.82) is 0 Å². The molecule has 0 saturated heterocycles. The minimum atomic E-state index is -1.25. The Hall–Kier alpha value is 0.307. The molecule has 0 aromatic carbocycles. The normalized spacial score (nSPS) is 13.6. The molecule has 0 N–H and O–H groups in total. The first kappa shape index (κ1) is 16.3. The van der Waals surface area contributed by atoms with Crippen LogP contribution in [-0.2, 0) is 0 Å². The van der Waals surface area contributed by atoms with E-state index in [2.05, 4.69) is 71.2 Å². The molecule has 0 nitrogen and oxygen atoms in total. The molecule has 0 unspecified atom stereocenters. The molecule has 2 heteroatoms. The predicted molar refractivity (Wildman–Crippen MR) is 82.7 cm³/mol. The number of unbranched alkanes of at least 4 members (excludes halogenated alkanes) is 1. The second kappa shape index (κ2) is 7.60. The van der Waals surface area contributed by atoms with Crippen molar-refractivity contribution in [3.63, 3.8) is 0 Å². The Balaban J connectivity index is 4.77. The van der Waals surface area contributed by atoms with Crippen LogP contribution in [0.25, 0.3) is 0 Å². The molecule has 0 bridgehead atoms. The molecule has 0 aliphatic carbocycles. The molecule has 16 heavy (non-hydrogen) atoms. The van der Waals surface area contributed by atoms with Crippen molar-refractivity contribution < 1.29 is 0 Å². The van der Waals surface area contributed by atoms with E-state index in [0.29, 0.717) is 0 Å². The standard InChI is InChI=1S/C14H30SSi/c1-8-9-10-11-15-16(12(2)3,13(4)5)14(6)7/h10-14H,8-9H2,1-7H3/b11-10-. The maximum atomic E-state index is 2.42. The van der Waals surface area contributed by atoms with Gasteiger partial charge in [0.15, 0.2) is 0 Å². The Kier molecular flexibility index (Phi) is 7.74. The van der Waals surface area contributed by atoms with Crippen molar-refractivity contribution in [2.75, 3.05) is 0 Å². The molecular formula is C14H30SSi. The van der Waals surface area contributed by atoms with Crippen molar-refractivity contribution in [3.05, 3.63) is 11.5 Å². The summed E-state index contributed by atoms with van der Waals surface area (Å²) in [6.07, 6.45) is 4.85. The zero-order valence-corrected chi connectivity index (χ0v) is 14.0. The largest absolute Gasteiger partial charge is 0.158 e. The highest BCUT2D eigenvalue weighted by molar-refractivity contribution is 8.31. The zero-order valence-electron chi connectivity index (χ0n) is 12.2. The highest BCUT2D eigenvalue weighted by Gasteiger charge is 2.42. The van der Waals surface area contributed by atoms with E-state index in [1.165, 1.54) is 12.8 Å². The first-order valence-electron chi connectivity index (χ1n) is 6.72. The summed E-state index contributed by atoms with van der Waals surface area (Å²) in [4.78, 5) is 0. The van der Waals surface area contributed by atoms with Gasteiger partial charge in [0, 0.05) is 0 Å². The van der Waals surface area contributed by atoms with Crippen LogP contribution in [0.2, 0.25) is 16.6 Å². The van der Waals surface area contributed by atoms with E-state index < -0.39 is 7.22 Å². The molecular weight excluding hydrogens is 228 g/mol. The SMILES string of the molecule is CCC/C=C\S[Si](C(C)C)(C(C)C)C(C)C. The van der Waals surface area contributed by atoms with Crippen molar-refractivity contribution in [2.45, 2.75) is 77.9 Å². The number of hydrogen-bond acceptors (Lipinski definition) is 1. The van der Waals surface area contributed by atoms with Gasteiger partial charge in [-0.1, -0.05) is 61.0 Å². The van der Waals surface area contributed by atoms with Gasteiger partial charge >= 0.3 is 0 Å². The third kappa shape index (κ3) is 3.96. The molecule has 0 aromatic rings. The Morgan fingerprint density at radius 1 is 0.938 bits per heavy atom. The van der Waals surface area contributed by atoms with Gasteiger partial charge in [-0.2, -0.15) is 11.2 Å². The van der Waals surface area contributed by atoms with E-state index in [1.807, 2.05) is 0 Å². The summed E-state index contributed by atoms with van der Waals surface area (Å²) < 4.78 is 0. The lowest BCUT2D eigenvalue weighted by molar-refractivity contribution is 0.852. The summed E-state index contributed by atoms with van der Waals surface area (Å²) in [6, 6.07) is 0. The highest BCUT2D eigenvalue weighted by Crippen LogP contribution is 2.49.